The molecule has 0 atom stereocenters. The van der Waals surface area contributed by atoms with E-state index in [9.17, 15) is 10.1 Å². The molecule has 2 heterocycles. The number of nitrogens with zero attached hydrogens (tertiary/aromatic N) is 2. The molecule has 1 aliphatic heterocycles. The first-order valence-electron chi connectivity index (χ1n) is 6.09. The number of anilines is 1. The lowest BCUT2D eigenvalue weighted by molar-refractivity contribution is -0.385. The Kier molecular flexibility index (Phi) is 4.41. The van der Waals surface area contributed by atoms with Crippen molar-refractivity contribution in [1.29, 1.82) is 0 Å². The van der Waals surface area contributed by atoms with Gasteiger partial charge in [-0.05, 0) is 42.8 Å². The quantitative estimate of drug-likeness (QED) is 0.671. The van der Waals surface area contributed by atoms with Crippen molar-refractivity contribution in [3.8, 4) is 0 Å². The van der Waals surface area contributed by atoms with Crippen molar-refractivity contribution in [2.24, 2.45) is 5.92 Å². The summed E-state index contributed by atoms with van der Waals surface area (Å²) in [5, 5.41) is 13.9. The van der Waals surface area contributed by atoms with Gasteiger partial charge in [0.15, 0.2) is 0 Å². The van der Waals surface area contributed by atoms with Gasteiger partial charge in [0.25, 0.3) is 5.69 Å². The monoisotopic (exact) mass is 267 g/mol. The van der Waals surface area contributed by atoms with Crippen molar-refractivity contribution in [3.63, 3.8) is 0 Å². The van der Waals surface area contributed by atoms with Crippen LogP contribution in [0.5, 0.6) is 0 Å². The van der Waals surface area contributed by atoms with Crippen LogP contribution in [0.3, 0.4) is 0 Å². The molecule has 1 N–H and O–H groups in total. The molecule has 0 amide bonds. The van der Waals surface area contributed by atoms with Crippen LogP contribution in [0.15, 0.2) is 12.3 Å². The molecule has 1 aromatic heterocycles. The Bertz CT molecular complexity index is 433. The van der Waals surface area contributed by atoms with Gasteiger partial charge in [-0.15, -0.1) is 0 Å². The van der Waals surface area contributed by atoms with Crippen LogP contribution in [0.25, 0.3) is 0 Å². The second-order valence-corrected chi connectivity index (χ2v) is 5.78. The first-order valence-corrected chi connectivity index (χ1v) is 7.25. The molecule has 0 aliphatic carbocycles. The van der Waals surface area contributed by atoms with E-state index < -0.39 is 4.92 Å². The molecular weight excluding hydrogens is 250 g/mol. The van der Waals surface area contributed by atoms with Gasteiger partial charge in [0.1, 0.15) is 12.0 Å². The summed E-state index contributed by atoms with van der Waals surface area (Å²) in [6, 6.07) is 1.56. The van der Waals surface area contributed by atoms with Crippen LogP contribution in [0.1, 0.15) is 18.4 Å². The van der Waals surface area contributed by atoms with Gasteiger partial charge in [0, 0.05) is 12.6 Å². The fourth-order valence-corrected chi connectivity index (χ4v) is 3.24. The van der Waals surface area contributed by atoms with E-state index in [2.05, 4.69) is 10.3 Å². The lowest BCUT2D eigenvalue weighted by atomic mass is 10.0. The minimum atomic E-state index is -0.415. The van der Waals surface area contributed by atoms with Gasteiger partial charge in [-0.1, -0.05) is 0 Å². The molecule has 1 aliphatic rings. The van der Waals surface area contributed by atoms with Crippen molar-refractivity contribution in [3.05, 3.63) is 27.9 Å². The molecule has 0 unspecified atom stereocenters. The first-order chi connectivity index (χ1) is 8.66. The number of pyridine rings is 1. The molecule has 0 saturated carbocycles. The fraction of sp³-hybridized carbons (Fsp3) is 0.583. The highest BCUT2D eigenvalue weighted by Crippen LogP contribution is 2.24. The van der Waals surface area contributed by atoms with Crippen LogP contribution in [0, 0.1) is 23.0 Å². The van der Waals surface area contributed by atoms with E-state index >= 15 is 0 Å². The Hall–Kier alpha value is -1.30. The number of nitro groups is 1. The van der Waals surface area contributed by atoms with E-state index in [4.69, 9.17) is 0 Å². The first kappa shape index (κ1) is 13.1. The largest absolute Gasteiger partial charge is 0.370 e. The third kappa shape index (κ3) is 3.35. The maximum absolute atomic E-state index is 10.6. The molecule has 1 fully saturated rings. The fourth-order valence-electron chi connectivity index (χ4n) is 2.04. The highest BCUT2D eigenvalue weighted by atomic mass is 32.2. The molecular formula is C12H17N3O2S. The molecule has 5 nitrogen and oxygen atoms in total. The smallest absolute Gasteiger partial charge is 0.287 e. The normalized spacial score (nSPS) is 16.5. The Morgan fingerprint density at radius 2 is 2.28 bits per heavy atom. The number of aromatic nitrogens is 1. The number of hydrogen-bond donors (Lipinski definition) is 1. The number of hydrogen-bond acceptors (Lipinski definition) is 5. The zero-order valence-electron chi connectivity index (χ0n) is 10.4. The summed E-state index contributed by atoms with van der Waals surface area (Å²) in [7, 11) is 0. The summed E-state index contributed by atoms with van der Waals surface area (Å²) in [4.78, 5) is 14.3. The van der Waals surface area contributed by atoms with Gasteiger partial charge < -0.3 is 5.32 Å². The van der Waals surface area contributed by atoms with E-state index in [1.807, 2.05) is 18.7 Å². The third-order valence-corrected chi connectivity index (χ3v) is 4.22. The van der Waals surface area contributed by atoms with E-state index in [0.29, 0.717) is 5.92 Å². The number of nitrogens with one attached hydrogen (secondary N) is 1. The Morgan fingerprint density at radius 3 is 2.89 bits per heavy atom. The molecule has 2 rings (SSSR count). The minimum Gasteiger partial charge on any atom is -0.370 e. The number of aryl methyl sites for hydroxylation is 1. The van der Waals surface area contributed by atoms with E-state index in [1.165, 1.54) is 30.5 Å². The molecule has 0 aromatic carbocycles. The lowest BCUT2D eigenvalue weighted by Crippen LogP contribution is -2.20. The average molecular weight is 267 g/mol. The van der Waals surface area contributed by atoms with Crippen molar-refractivity contribution in [2.45, 2.75) is 19.8 Å². The van der Waals surface area contributed by atoms with Crippen molar-refractivity contribution in [2.75, 3.05) is 23.4 Å². The highest BCUT2D eigenvalue weighted by Gasteiger charge is 2.15. The molecule has 18 heavy (non-hydrogen) atoms. The Balaban J connectivity index is 1.94. The molecule has 1 aromatic rings. The molecule has 0 spiro atoms. The lowest BCUT2D eigenvalue weighted by Gasteiger charge is -2.22. The third-order valence-electron chi connectivity index (χ3n) is 3.17. The maximum Gasteiger partial charge on any atom is 0.287 e. The zero-order valence-corrected chi connectivity index (χ0v) is 11.2. The van der Waals surface area contributed by atoms with Crippen LogP contribution < -0.4 is 5.32 Å². The van der Waals surface area contributed by atoms with Crippen molar-refractivity contribution < 1.29 is 4.92 Å². The van der Waals surface area contributed by atoms with Crippen LogP contribution in [0.4, 0.5) is 11.5 Å². The Labute approximate surface area is 111 Å². The van der Waals surface area contributed by atoms with Gasteiger partial charge in [-0.25, -0.2) is 4.98 Å². The van der Waals surface area contributed by atoms with E-state index in [-0.39, 0.29) is 5.69 Å². The summed E-state index contributed by atoms with van der Waals surface area (Å²) in [5.74, 6) is 3.93. The Morgan fingerprint density at radius 1 is 1.56 bits per heavy atom. The van der Waals surface area contributed by atoms with Gasteiger partial charge in [-0.2, -0.15) is 11.8 Å². The van der Waals surface area contributed by atoms with E-state index in [1.54, 1.807) is 6.07 Å². The summed E-state index contributed by atoms with van der Waals surface area (Å²) < 4.78 is 0. The van der Waals surface area contributed by atoms with Crippen LogP contribution >= 0.6 is 11.8 Å². The van der Waals surface area contributed by atoms with Crippen molar-refractivity contribution >= 4 is 23.3 Å². The minimum absolute atomic E-state index is 0.0483. The van der Waals surface area contributed by atoms with Gasteiger partial charge in [-0.3, -0.25) is 10.1 Å². The molecule has 1 saturated heterocycles. The van der Waals surface area contributed by atoms with Crippen molar-refractivity contribution in [1.82, 2.24) is 4.98 Å². The van der Waals surface area contributed by atoms with Gasteiger partial charge >= 0.3 is 0 Å². The summed E-state index contributed by atoms with van der Waals surface area (Å²) in [5.41, 5.74) is 0.876. The zero-order chi connectivity index (χ0) is 13.0. The predicted octanol–water partition coefficient (Wildman–Crippen LogP) is 2.85. The standard InChI is InChI=1S/C12H17N3O2S/c1-9-6-11(15(16)17)8-14-12(9)13-7-10-2-4-18-5-3-10/h6,8,10H,2-5,7H2,1H3,(H,13,14). The maximum atomic E-state index is 10.6. The highest BCUT2D eigenvalue weighted by molar-refractivity contribution is 7.99. The second-order valence-electron chi connectivity index (χ2n) is 4.55. The van der Waals surface area contributed by atoms with Gasteiger partial charge in [0.05, 0.1) is 4.92 Å². The molecule has 0 bridgehead atoms. The topological polar surface area (TPSA) is 68.1 Å². The summed E-state index contributed by atoms with van der Waals surface area (Å²) in [6.07, 6.45) is 3.79. The van der Waals surface area contributed by atoms with Crippen LogP contribution in [-0.2, 0) is 0 Å². The molecule has 0 radical (unpaired) electrons. The average Bonchev–Trinajstić information content (AvgIpc) is 2.38. The summed E-state index contributed by atoms with van der Waals surface area (Å²) in [6.45, 7) is 2.76. The van der Waals surface area contributed by atoms with Crippen LogP contribution in [-0.4, -0.2) is 28.0 Å². The summed E-state index contributed by atoms with van der Waals surface area (Å²) >= 11 is 2.01. The predicted molar refractivity (Wildman–Crippen MR) is 74.2 cm³/mol. The van der Waals surface area contributed by atoms with Crippen LogP contribution in [0.2, 0.25) is 0 Å². The molecule has 6 heteroatoms. The second kappa shape index (κ2) is 6.04. The number of rotatable bonds is 4. The number of thioether (sulfide) groups is 1. The SMILES string of the molecule is Cc1cc([N+](=O)[O-])cnc1NCC1CCSCC1. The van der Waals surface area contributed by atoms with E-state index in [0.717, 1.165) is 17.9 Å². The molecule has 98 valence electrons. The van der Waals surface area contributed by atoms with Gasteiger partial charge in [0.2, 0.25) is 0 Å².